The van der Waals surface area contributed by atoms with Crippen LogP contribution in [0.4, 0.5) is 36.4 Å². The first-order chi connectivity index (χ1) is 11.8. The van der Waals surface area contributed by atoms with Crippen LogP contribution in [0.2, 0.25) is 0 Å². The van der Waals surface area contributed by atoms with E-state index in [-0.39, 0.29) is 23.2 Å². The number of nitro groups is 1. The molecule has 0 radical (unpaired) electrons. The molecule has 0 unspecified atom stereocenters. The topological polar surface area (TPSA) is 82.1 Å². The molecule has 0 amide bonds. The summed E-state index contributed by atoms with van der Waals surface area (Å²) in [4.78, 5) is 12.9. The Kier molecular flexibility index (Phi) is 4.68. The summed E-state index contributed by atoms with van der Waals surface area (Å²) in [5, 5.41) is 13.7. The zero-order valence-corrected chi connectivity index (χ0v) is 12.7. The van der Waals surface area contributed by atoms with Gasteiger partial charge in [0, 0.05) is 18.1 Å². The van der Waals surface area contributed by atoms with Crippen LogP contribution < -0.4 is 0 Å². The van der Waals surface area contributed by atoms with E-state index in [0.29, 0.717) is 0 Å². The van der Waals surface area contributed by atoms with E-state index >= 15 is 0 Å². The lowest BCUT2D eigenvalue weighted by molar-refractivity contribution is -0.385. The molecule has 1 aromatic heterocycles. The highest BCUT2D eigenvalue weighted by molar-refractivity contribution is 5.42. The first-order valence-corrected chi connectivity index (χ1v) is 6.66. The van der Waals surface area contributed by atoms with Crippen LogP contribution >= 0.6 is 0 Å². The zero-order valence-electron chi connectivity index (χ0n) is 12.7. The predicted molar refractivity (Wildman–Crippen MR) is 69.8 cm³/mol. The number of alkyl halides is 7. The molecule has 1 aromatic carbocycles. The largest absolute Gasteiger partial charge is 0.460 e. The fraction of sp³-hybridized carbons (Fsp3) is 0.385. The maximum absolute atomic E-state index is 13.4. The monoisotopic (exact) mass is 387 g/mol. The third-order valence-corrected chi connectivity index (χ3v) is 3.31. The van der Waals surface area contributed by atoms with Crippen LogP contribution in [0.15, 0.2) is 22.7 Å². The SMILES string of the molecule is Cc1cc(Cc2noc(C(F)(F)C(F)(F)C(F)(F)F)n2)ccc1[N+](=O)[O-]. The molecule has 13 heteroatoms. The van der Waals surface area contributed by atoms with Crippen LogP contribution in [0, 0.1) is 17.0 Å². The van der Waals surface area contributed by atoms with Crippen molar-refractivity contribution in [2.75, 3.05) is 0 Å². The molecule has 2 aromatic rings. The van der Waals surface area contributed by atoms with E-state index in [4.69, 9.17) is 0 Å². The average Bonchev–Trinajstić information content (AvgIpc) is 2.94. The van der Waals surface area contributed by atoms with Gasteiger partial charge >= 0.3 is 23.9 Å². The standard InChI is InChI=1S/C13H8F7N3O3/c1-6-4-7(2-3-8(6)23(24)25)5-9-21-10(26-22-9)11(14,15)12(16,17)13(18,19)20/h2-4H,5H2,1H3. The van der Waals surface area contributed by atoms with Gasteiger partial charge in [0.05, 0.1) is 4.92 Å². The number of nitrogens with zero attached hydrogens (tertiary/aromatic N) is 3. The first-order valence-electron chi connectivity index (χ1n) is 6.66. The molecule has 26 heavy (non-hydrogen) atoms. The number of hydrogen-bond donors (Lipinski definition) is 0. The third-order valence-electron chi connectivity index (χ3n) is 3.31. The first kappa shape index (κ1) is 19.6. The maximum atomic E-state index is 13.4. The van der Waals surface area contributed by atoms with Crippen molar-refractivity contribution >= 4 is 5.69 Å². The minimum absolute atomic E-state index is 0.213. The van der Waals surface area contributed by atoms with Crippen LogP contribution in [-0.2, 0) is 12.3 Å². The second-order valence-corrected chi connectivity index (χ2v) is 5.22. The van der Waals surface area contributed by atoms with E-state index in [2.05, 4.69) is 14.7 Å². The third kappa shape index (κ3) is 3.32. The number of aromatic nitrogens is 2. The molecule has 2 rings (SSSR count). The van der Waals surface area contributed by atoms with E-state index in [1.807, 2.05) is 0 Å². The van der Waals surface area contributed by atoms with Crippen molar-refractivity contribution in [1.82, 2.24) is 10.1 Å². The van der Waals surface area contributed by atoms with Gasteiger partial charge in [0.1, 0.15) is 0 Å². The minimum Gasteiger partial charge on any atom is -0.332 e. The van der Waals surface area contributed by atoms with Gasteiger partial charge in [-0.25, -0.2) is 0 Å². The number of benzene rings is 1. The van der Waals surface area contributed by atoms with Gasteiger partial charge in [-0.15, -0.1) is 0 Å². The lowest BCUT2D eigenvalue weighted by Crippen LogP contribution is -2.50. The average molecular weight is 387 g/mol. The van der Waals surface area contributed by atoms with Crippen LogP contribution in [0.3, 0.4) is 0 Å². The van der Waals surface area contributed by atoms with Crippen molar-refractivity contribution in [3.05, 3.63) is 51.2 Å². The van der Waals surface area contributed by atoms with E-state index in [0.717, 1.165) is 6.07 Å². The van der Waals surface area contributed by atoms with Crippen LogP contribution in [0.1, 0.15) is 22.8 Å². The Balaban J connectivity index is 2.28. The van der Waals surface area contributed by atoms with Crippen LogP contribution in [0.25, 0.3) is 0 Å². The summed E-state index contributed by atoms with van der Waals surface area (Å²) in [6.07, 6.45) is -6.91. The Morgan fingerprint density at radius 3 is 2.27 bits per heavy atom. The van der Waals surface area contributed by atoms with Crippen molar-refractivity contribution in [2.45, 2.75) is 31.4 Å². The molecule has 0 aliphatic heterocycles. The molecule has 0 saturated carbocycles. The van der Waals surface area contributed by atoms with Gasteiger partial charge < -0.3 is 4.52 Å². The molecular weight excluding hydrogens is 379 g/mol. The predicted octanol–water partition coefficient (Wildman–Crippen LogP) is 4.17. The number of aryl methyl sites for hydroxylation is 1. The molecule has 0 aliphatic rings. The molecule has 0 atom stereocenters. The highest BCUT2D eigenvalue weighted by Crippen LogP contribution is 2.51. The highest BCUT2D eigenvalue weighted by atomic mass is 19.4. The summed E-state index contributed by atoms with van der Waals surface area (Å²) in [7, 11) is 0. The second kappa shape index (κ2) is 6.21. The van der Waals surface area contributed by atoms with Gasteiger partial charge in [0.2, 0.25) is 0 Å². The Bertz CT molecular complexity index is 833. The molecule has 0 fully saturated rings. The molecule has 0 aliphatic carbocycles. The lowest BCUT2D eigenvalue weighted by Gasteiger charge is -2.25. The summed E-state index contributed by atoms with van der Waals surface area (Å²) in [5.74, 6) is -14.9. The second-order valence-electron chi connectivity index (χ2n) is 5.22. The summed E-state index contributed by atoms with van der Waals surface area (Å²) >= 11 is 0. The van der Waals surface area contributed by atoms with Gasteiger partial charge in [-0.3, -0.25) is 10.1 Å². The molecule has 6 nitrogen and oxygen atoms in total. The number of nitro benzene ring substituents is 1. The van der Waals surface area contributed by atoms with E-state index in [1.54, 1.807) is 0 Å². The minimum atomic E-state index is -6.53. The van der Waals surface area contributed by atoms with Gasteiger partial charge in [-0.1, -0.05) is 11.2 Å². The van der Waals surface area contributed by atoms with Gasteiger partial charge in [0.25, 0.3) is 5.69 Å². The number of rotatable bonds is 5. The van der Waals surface area contributed by atoms with Gasteiger partial charge in [-0.2, -0.15) is 35.7 Å². The molecule has 142 valence electrons. The van der Waals surface area contributed by atoms with Crippen molar-refractivity contribution in [1.29, 1.82) is 0 Å². The summed E-state index contributed by atoms with van der Waals surface area (Å²) < 4.78 is 93.1. The molecular formula is C13H8F7N3O3. The van der Waals surface area contributed by atoms with Crippen LogP contribution in [-0.4, -0.2) is 27.2 Å². The maximum Gasteiger partial charge on any atom is 0.460 e. The van der Waals surface area contributed by atoms with Crippen molar-refractivity contribution in [3.8, 4) is 0 Å². The Hall–Kier alpha value is -2.73. The van der Waals surface area contributed by atoms with Crippen molar-refractivity contribution in [2.24, 2.45) is 0 Å². The fourth-order valence-corrected chi connectivity index (χ4v) is 1.98. The van der Waals surface area contributed by atoms with E-state index in [9.17, 15) is 40.8 Å². The van der Waals surface area contributed by atoms with Crippen LogP contribution in [0.5, 0.6) is 0 Å². The Morgan fingerprint density at radius 1 is 1.15 bits per heavy atom. The van der Waals surface area contributed by atoms with Gasteiger partial charge in [-0.05, 0) is 18.6 Å². The molecule has 1 heterocycles. The molecule has 0 spiro atoms. The van der Waals surface area contributed by atoms with Crippen molar-refractivity contribution in [3.63, 3.8) is 0 Å². The van der Waals surface area contributed by atoms with Gasteiger partial charge in [0.15, 0.2) is 5.82 Å². The zero-order chi connectivity index (χ0) is 19.9. The number of hydrogen-bond acceptors (Lipinski definition) is 5. The fourth-order valence-electron chi connectivity index (χ4n) is 1.98. The normalized spacial score (nSPS) is 13.1. The lowest BCUT2D eigenvalue weighted by atomic mass is 10.1. The number of halogens is 7. The molecule has 0 N–H and O–H groups in total. The molecule has 0 bridgehead atoms. The van der Waals surface area contributed by atoms with Crippen molar-refractivity contribution < 1.29 is 40.2 Å². The Labute approximate surface area is 139 Å². The summed E-state index contributed by atoms with van der Waals surface area (Å²) in [6, 6.07) is 3.62. The Morgan fingerprint density at radius 2 is 1.77 bits per heavy atom. The summed E-state index contributed by atoms with van der Waals surface area (Å²) in [5.41, 5.74) is 0.260. The smallest absolute Gasteiger partial charge is 0.332 e. The van der Waals surface area contributed by atoms with E-state index in [1.165, 1.54) is 19.1 Å². The van der Waals surface area contributed by atoms with E-state index < -0.39 is 34.7 Å². The summed E-state index contributed by atoms with van der Waals surface area (Å²) in [6.45, 7) is 1.39. The molecule has 0 saturated heterocycles. The quantitative estimate of drug-likeness (QED) is 0.437. The highest BCUT2D eigenvalue weighted by Gasteiger charge is 2.76.